The maximum atomic E-state index is 15.6. The second kappa shape index (κ2) is 31.7. The molecule has 4 heterocycles. The van der Waals surface area contributed by atoms with Crippen LogP contribution < -0.4 is 15.2 Å². The van der Waals surface area contributed by atoms with Crippen molar-refractivity contribution in [3.63, 3.8) is 0 Å². The van der Waals surface area contributed by atoms with Crippen LogP contribution >= 0.6 is 0 Å². The number of nitrogens with two attached hydrogens (primary N) is 1. The van der Waals surface area contributed by atoms with Crippen molar-refractivity contribution in [3.8, 4) is 34.3 Å². The summed E-state index contributed by atoms with van der Waals surface area (Å²) in [6.07, 6.45) is 0.396. The highest BCUT2D eigenvalue weighted by Crippen LogP contribution is 2.30. The van der Waals surface area contributed by atoms with Crippen molar-refractivity contribution in [2.75, 3.05) is 27.9 Å². The number of imidazole rings is 2. The molecule has 0 aliphatic rings. The number of ether oxygens (including phenoxy) is 5. The van der Waals surface area contributed by atoms with E-state index in [9.17, 15) is 28.3 Å². The Balaban J connectivity index is 0.000000256. The fourth-order valence-corrected chi connectivity index (χ4v) is 9.80. The fourth-order valence-electron chi connectivity index (χ4n) is 9.80. The highest BCUT2D eigenvalue weighted by atomic mass is 19.1. The second-order valence-corrected chi connectivity index (χ2v) is 20.7. The molecule has 22 heteroatoms. The highest BCUT2D eigenvalue weighted by molar-refractivity contribution is 5.94. The number of aromatic nitrogens is 6. The van der Waals surface area contributed by atoms with Crippen LogP contribution in [0.2, 0.25) is 0 Å². The van der Waals surface area contributed by atoms with Gasteiger partial charge in [0.15, 0.2) is 11.4 Å². The van der Waals surface area contributed by atoms with E-state index in [-0.39, 0.29) is 105 Å². The van der Waals surface area contributed by atoms with Crippen molar-refractivity contribution in [2.45, 2.75) is 86.0 Å². The summed E-state index contributed by atoms with van der Waals surface area (Å²) in [5.41, 5.74) is 12.5. The van der Waals surface area contributed by atoms with Gasteiger partial charge in [-0.1, -0.05) is 75.5 Å². The van der Waals surface area contributed by atoms with Gasteiger partial charge in [0.05, 0.1) is 90.1 Å². The highest BCUT2D eigenvalue weighted by Gasteiger charge is 2.22. The summed E-state index contributed by atoms with van der Waals surface area (Å²) in [6.45, 7) is 16.2. The number of hydrogen-bond donors (Lipinski definition) is 2. The van der Waals surface area contributed by atoms with Crippen LogP contribution in [0.15, 0.2) is 146 Å². The van der Waals surface area contributed by atoms with E-state index in [1.165, 1.54) is 62.6 Å². The van der Waals surface area contributed by atoms with E-state index in [4.69, 9.17) is 52.5 Å². The summed E-state index contributed by atoms with van der Waals surface area (Å²) in [7, 11) is 4.43. The number of hydrogen-bond acceptors (Lipinski definition) is 13. The number of nitrogens with zero attached hydrogens (tertiary/aromatic N) is 8. The number of aromatic carboxylic acids is 1. The second-order valence-electron chi connectivity index (χ2n) is 20.7. The molecule has 10 aromatic rings. The van der Waals surface area contributed by atoms with Crippen molar-refractivity contribution in [2.24, 2.45) is 5.73 Å². The van der Waals surface area contributed by atoms with Gasteiger partial charge < -0.3 is 48.5 Å². The molecule has 2 atom stereocenters. The topological polar surface area (TPSA) is 214 Å². The molecular weight excluding hydrogens is 1190 g/mol. The predicted molar refractivity (Wildman–Crippen MR) is 341 cm³/mol. The molecule has 0 aliphatic heterocycles. The number of methoxy groups -OCH3 is 3. The first-order valence-electron chi connectivity index (χ1n) is 28.1. The van der Waals surface area contributed by atoms with Gasteiger partial charge in [0, 0.05) is 74.4 Å². The molecule has 0 aliphatic carbocycles. The maximum absolute atomic E-state index is 15.6. The third-order valence-corrected chi connectivity index (χ3v) is 14.8. The summed E-state index contributed by atoms with van der Waals surface area (Å²) in [4.78, 5) is 60.2. The van der Waals surface area contributed by atoms with Crippen LogP contribution in [-0.2, 0) is 58.2 Å². The van der Waals surface area contributed by atoms with Gasteiger partial charge in [0.25, 0.3) is 0 Å². The monoisotopic (exact) mass is 1250 g/mol. The number of fused-ring (bicyclic) bond motifs is 2. The molecule has 0 bridgehead atoms. The minimum absolute atomic E-state index is 0. The smallest absolute Gasteiger partial charge is 0.337 e. The zero-order chi connectivity index (χ0) is 64.0. The molecule has 474 valence electrons. The zero-order valence-corrected chi connectivity index (χ0v) is 49.3. The number of esters is 1. The number of ketones is 1. The van der Waals surface area contributed by atoms with E-state index >= 15 is 8.78 Å². The van der Waals surface area contributed by atoms with Crippen molar-refractivity contribution < 1.29 is 60.7 Å². The van der Waals surface area contributed by atoms with E-state index in [2.05, 4.69) is 19.7 Å². The Bertz CT molecular complexity index is 4380. The average Bonchev–Trinajstić information content (AvgIpc) is 1.63. The van der Waals surface area contributed by atoms with Gasteiger partial charge in [-0.3, -0.25) is 0 Å². The van der Waals surface area contributed by atoms with Gasteiger partial charge in [0.2, 0.25) is 11.8 Å². The number of carbonyl (C=O) groups excluding carboxylic acids is 2. The normalized spacial score (nSPS) is 11.5. The standard InChI is InChI=1S/C35H30F2N4O5.C33H29F2N5O4.2CH4/c1-21(42)7-13-27(45-3)19-41-32-16-24(35(43)44)11-14-31(32)39-33(41)17-22-8-9-23(15-28(22)36)30-5-4-6-34(40-30)46-20-25-10-12-26(38-2)18-29(25)37;1-37-24-11-9-23(27(35)16-24)19-44-32-6-4-5-28(39-32)21-8-7-20(26(34)13-21)15-31-38-29-12-10-22(33(41)43-3)14-30(29)40(31)18-25(17-36)42-2;;/h4-6,8-12,14-16,18,27H,7,13,17,19-20H2,1,3H3,(H,43,44);4-14,16,25H,15,17-19,36H2,2-3H3;2*1H4. The molecule has 2 unspecified atom stereocenters. The van der Waals surface area contributed by atoms with Gasteiger partial charge in [-0.15, -0.1) is 0 Å². The van der Waals surface area contributed by atoms with Gasteiger partial charge in [-0.05, 0) is 97.3 Å². The third kappa shape index (κ3) is 16.8. The molecule has 0 saturated carbocycles. The van der Waals surface area contributed by atoms with Crippen LogP contribution in [0.3, 0.4) is 0 Å². The number of halogens is 4. The lowest BCUT2D eigenvalue weighted by Crippen LogP contribution is -2.28. The van der Waals surface area contributed by atoms with E-state index in [1.807, 2.05) is 9.13 Å². The molecular formula is C70H67F4N9O9. The molecule has 0 saturated heterocycles. The lowest BCUT2D eigenvalue weighted by atomic mass is 10.1. The van der Waals surface area contributed by atoms with Gasteiger partial charge >= 0.3 is 11.9 Å². The Kier molecular flexibility index (Phi) is 23.7. The first kappa shape index (κ1) is 68.8. The Hall–Kier alpha value is -10.7. The first-order valence-corrected chi connectivity index (χ1v) is 28.1. The zero-order valence-electron chi connectivity index (χ0n) is 49.3. The molecule has 0 spiro atoms. The molecule has 0 amide bonds. The van der Waals surface area contributed by atoms with Gasteiger partial charge in [-0.25, -0.2) is 56.8 Å². The van der Waals surface area contributed by atoms with Crippen molar-refractivity contribution in [3.05, 3.63) is 237 Å². The van der Waals surface area contributed by atoms with Gasteiger partial charge in [0.1, 0.15) is 53.9 Å². The van der Waals surface area contributed by atoms with Crippen LogP contribution in [0, 0.1) is 36.4 Å². The Morgan fingerprint density at radius 3 is 1.42 bits per heavy atom. The molecule has 6 aromatic carbocycles. The Morgan fingerprint density at radius 1 is 0.565 bits per heavy atom. The molecule has 0 radical (unpaired) electrons. The van der Waals surface area contributed by atoms with Crippen LogP contribution in [0.5, 0.6) is 11.8 Å². The summed E-state index contributed by atoms with van der Waals surface area (Å²) >= 11 is 0. The molecule has 3 N–H and O–H groups in total. The predicted octanol–water partition coefficient (Wildman–Crippen LogP) is 14.3. The molecule has 4 aromatic heterocycles. The van der Waals surface area contributed by atoms with Gasteiger partial charge in [-0.2, -0.15) is 0 Å². The number of Topliss-reactive ketones (excluding diaryl/α,β-unsaturated/α-hetero) is 1. The largest absolute Gasteiger partial charge is 0.478 e. The molecule has 10 rings (SSSR count). The fraction of sp³-hybridized carbons (Fsp3) is 0.243. The molecule has 92 heavy (non-hydrogen) atoms. The van der Waals surface area contributed by atoms with E-state index < -0.39 is 35.2 Å². The maximum Gasteiger partial charge on any atom is 0.337 e. The quantitative estimate of drug-likeness (QED) is 0.0327. The lowest BCUT2D eigenvalue weighted by Gasteiger charge is -2.18. The number of carbonyl (C=O) groups is 3. The number of pyridine rings is 2. The van der Waals surface area contributed by atoms with Crippen molar-refractivity contribution >= 4 is 51.2 Å². The summed E-state index contributed by atoms with van der Waals surface area (Å²) in [6, 6.07) is 37.6. The molecule has 18 nitrogen and oxygen atoms in total. The van der Waals surface area contributed by atoms with E-state index in [1.54, 1.807) is 99.1 Å². The average molecular weight is 1250 g/mol. The van der Waals surface area contributed by atoms with Crippen molar-refractivity contribution in [1.29, 1.82) is 0 Å². The summed E-state index contributed by atoms with van der Waals surface area (Å²) < 4.78 is 90.7. The summed E-state index contributed by atoms with van der Waals surface area (Å²) in [5, 5.41) is 9.56. The van der Waals surface area contributed by atoms with Crippen LogP contribution in [0.4, 0.5) is 28.9 Å². The summed E-state index contributed by atoms with van der Waals surface area (Å²) in [5.74, 6) is -1.99. The number of carboxylic acid groups (broad SMARTS) is 1. The first-order chi connectivity index (χ1) is 43.5. The Morgan fingerprint density at radius 2 is 1.01 bits per heavy atom. The lowest BCUT2D eigenvalue weighted by molar-refractivity contribution is -0.117. The number of carboxylic acids is 1. The number of rotatable bonds is 24. The third-order valence-electron chi connectivity index (χ3n) is 14.8. The van der Waals surface area contributed by atoms with Crippen LogP contribution in [0.1, 0.15) is 89.2 Å². The Labute approximate surface area is 529 Å². The van der Waals surface area contributed by atoms with Crippen molar-refractivity contribution in [1.82, 2.24) is 29.1 Å². The van der Waals surface area contributed by atoms with Crippen LogP contribution in [-0.4, -0.2) is 92.0 Å². The molecule has 0 fully saturated rings. The minimum Gasteiger partial charge on any atom is -0.478 e. The van der Waals surface area contributed by atoms with E-state index in [0.29, 0.717) is 98.9 Å². The van der Waals surface area contributed by atoms with Crippen LogP contribution in [0.25, 0.3) is 54.3 Å². The SMILES string of the molecule is C.C.[C-]#[N+]c1ccc(COc2cccc(-c3ccc(Cc4nc5ccc(C(=O)O)cc5n4CC(CCC(C)=O)OC)c(F)c3)n2)c(F)c1.[C-]#[N+]c1ccc(COc2cccc(-c3ccc(Cc4nc5ccc(C(=O)OC)cc5n4CC(CN)OC)c(F)c3)n2)c(F)c1. The number of benzene rings is 6. The van der Waals surface area contributed by atoms with E-state index in [0.717, 1.165) is 12.1 Å². The minimum atomic E-state index is -1.08.